The van der Waals surface area contributed by atoms with E-state index in [2.05, 4.69) is 20.8 Å². The molecule has 0 aliphatic carbocycles. The van der Waals surface area contributed by atoms with Gasteiger partial charge in [0, 0.05) is 13.6 Å². The zero-order chi connectivity index (χ0) is 19.2. The number of rotatable bonds is 6. The predicted octanol–water partition coefficient (Wildman–Crippen LogP) is 3.69. The molecule has 0 spiro atoms. The van der Waals surface area contributed by atoms with Crippen LogP contribution in [0.1, 0.15) is 21.6 Å². The molecule has 1 heterocycles. The first kappa shape index (κ1) is 18.3. The summed E-state index contributed by atoms with van der Waals surface area (Å²) < 4.78 is 18.8. The summed E-state index contributed by atoms with van der Waals surface area (Å²) in [5, 5.41) is 13.5. The number of hydrogen-bond acceptors (Lipinski definition) is 5. The minimum Gasteiger partial charge on any atom is -0.457 e. The molecule has 0 fully saturated rings. The van der Waals surface area contributed by atoms with Gasteiger partial charge in [-0.15, -0.1) is 10.2 Å². The number of carbonyl (C=O) groups is 1. The van der Waals surface area contributed by atoms with Crippen molar-refractivity contribution in [3.63, 3.8) is 0 Å². The first-order valence-electron chi connectivity index (χ1n) is 8.38. The maximum Gasteiger partial charge on any atom is 0.271 e. The molecule has 1 aromatic heterocycles. The summed E-state index contributed by atoms with van der Waals surface area (Å²) in [6.07, 6.45) is 0. The van der Waals surface area contributed by atoms with Crippen molar-refractivity contribution in [2.75, 3.05) is 12.4 Å². The molecule has 7 heteroatoms. The summed E-state index contributed by atoms with van der Waals surface area (Å²) in [4.78, 5) is 11.5. The molecule has 0 aliphatic heterocycles. The van der Waals surface area contributed by atoms with E-state index in [9.17, 15) is 9.18 Å². The average Bonchev–Trinajstić information content (AvgIpc) is 2.69. The van der Waals surface area contributed by atoms with Gasteiger partial charge in [0.25, 0.3) is 5.91 Å². The second kappa shape index (κ2) is 8.27. The Morgan fingerprint density at radius 2 is 1.85 bits per heavy atom. The number of aryl methyl sites for hydroxylation is 1. The van der Waals surface area contributed by atoms with Crippen LogP contribution in [-0.2, 0) is 6.54 Å². The lowest BCUT2D eigenvalue weighted by Crippen LogP contribution is -2.19. The van der Waals surface area contributed by atoms with Crippen LogP contribution < -0.4 is 15.4 Å². The fourth-order valence-corrected chi connectivity index (χ4v) is 2.43. The first-order chi connectivity index (χ1) is 13.0. The third-order valence-corrected chi connectivity index (χ3v) is 3.88. The summed E-state index contributed by atoms with van der Waals surface area (Å²) in [7, 11) is 1.54. The third-order valence-electron chi connectivity index (χ3n) is 3.88. The molecule has 27 heavy (non-hydrogen) atoms. The number of ether oxygens (including phenoxy) is 1. The highest BCUT2D eigenvalue weighted by atomic mass is 19.1. The van der Waals surface area contributed by atoms with Gasteiger partial charge in [-0.25, -0.2) is 4.39 Å². The highest BCUT2D eigenvalue weighted by molar-refractivity contribution is 5.91. The lowest BCUT2D eigenvalue weighted by molar-refractivity contribution is 0.0957. The number of amides is 1. The van der Waals surface area contributed by atoms with Crippen molar-refractivity contribution in [2.45, 2.75) is 13.5 Å². The molecule has 0 aliphatic rings. The summed E-state index contributed by atoms with van der Waals surface area (Å²) in [5.41, 5.74) is 2.26. The van der Waals surface area contributed by atoms with Crippen molar-refractivity contribution in [1.29, 1.82) is 0 Å². The van der Waals surface area contributed by atoms with Crippen molar-refractivity contribution in [1.82, 2.24) is 15.5 Å². The van der Waals surface area contributed by atoms with Gasteiger partial charge in [0.1, 0.15) is 23.1 Å². The van der Waals surface area contributed by atoms with Crippen LogP contribution in [0.15, 0.2) is 54.6 Å². The minimum absolute atomic E-state index is 0.265. The third kappa shape index (κ3) is 4.78. The second-order valence-corrected chi connectivity index (χ2v) is 5.89. The maximum absolute atomic E-state index is 13.0. The van der Waals surface area contributed by atoms with Crippen LogP contribution in [0.4, 0.5) is 10.2 Å². The molecule has 0 unspecified atom stereocenters. The Morgan fingerprint density at radius 3 is 2.48 bits per heavy atom. The van der Waals surface area contributed by atoms with Gasteiger partial charge in [-0.05, 0) is 60.5 Å². The van der Waals surface area contributed by atoms with Crippen LogP contribution in [0.2, 0.25) is 0 Å². The second-order valence-electron chi connectivity index (χ2n) is 5.89. The number of anilines is 1. The van der Waals surface area contributed by atoms with E-state index >= 15 is 0 Å². The topological polar surface area (TPSA) is 76.1 Å². The normalized spacial score (nSPS) is 10.3. The Bertz CT molecular complexity index is 928. The van der Waals surface area contributed by atoms with Crippen LogP contribution >= 0.6 is 0 Å². The molecule has 0 radical (unpaired) electrons. The van der Waals surface area contributed by atoms with Crippen LogP contribution in [0.5, 0.6) is 11.5 Å². The number of carbonyl (C=O) groups excluding carboxylic acids is 1. The highest BCUT2D eigenvalue weighted by Crippen LogP contribution is 2.26. The highest BCUT2D eigenvalue weighted by Gasteiger charge is 2.06. The van der Waals surface area contributed by atoms with Crippen LogP contribution in [-0.4, -0.2) is 23.2 Å². The average molecular weight is 366 g/mol. The van der Waals surface area contributed by atoms with Gasteiger partial charge in [0.15, 0.2) is 5.69 Å². The molecule has 0 atom stereocenters. The minimum atomic E-state index is -0.299. The van der Waals surface area contributed by atoms with E-state index in [0.717, 1.165) is 11.1 Å². The molecule has 6 nitrogen and oxygen atoms in total. The van der Waals surface area contributed by atoms with Crippen LogP contribution in [0, 0.1) is 12.7 Å². The maximum atomic E-state index is 13.0. The van der Waals surface area contributed by atoms with Gasteiger partial charge >= 0.3 is 0 Å². The molecule has 2 N–H and O–H groups in total. The number of aromatic nitrogens is 2. The number of benzene rings is 2. The smallest absolute Gasteiger partial charge is 0.271 e. The zero-order valence-electron chi connectivity index (χ0n) is 15.0. The summed E-state index contributed by atoms with van der Waals surface area (Å²) >= 11 is 0. The van der Waals surface area contributed by atoms with Crippen molar-refractivity contribution in [3.05, 3.63) is 77.2 Å². The van der Waals surface area contributed by atoms with E-state index in [1.165, 1.54) is 12.1 Å². The molecule has 0 saturated heterocycles. The van der Waals surface area contributed by atoms with Gasteiger partial charge < -0.3 is 15.4 Å². The van der Waals surface area contributed by atoms with E-state index in [-0.39, 0.29) is 17.4 Å². The number of nitrogens with one attached hydrogen (secondary N) is 2. The van der Waals surface area contributed by atoms with Gasteiger partial charge in [0.2, 0.25) is 0 Å². The van der Waals surface area contributed by atoms with Crippen LogP contribution in [0.3, 0.4) is 0 Å². The fourth-order valence-electron chi connectivity index (χ4n) is 2.43. The molecular weight excluding hydrogens is 347 g/mol. The number of nitrogens with zero attached hydrogens (tertiary/aromatic N) is 2. The van der Waals surface area contributed by atoms with Crippen molar-refractivity contribution in [2.24, 2.45) is 0 Å². The SMILES string of the molecule is CNC(=O)c1ccc(NCc2ccc(Oc3ccc(F)cc3)c(C)c2)nn1. The van der Waals surface area contributed by atoms with Gasteiger partial charge in [-0.1, -0.05) is 12.1 Å². The zero-order valence-corrected chi connectivity index (χ0v) is 15.0. The quantitative estimate of drug-likeness (QED) is 0.696. The lowest BCUT2D eigenvalue weighted by Gasteiger charge is -2.11. The summed E-state index contributed by atoms with van der Waals surface area (Å²) in [5.74, 6) is 1.29. The van der Waals surface area contributed by atoms with Crippen molar-refractivity contribution < 1.29 is 13.9 Å². The van der Waals surface area contributed by atoms with Crippen molar-refractivity contribution in [3.8, 4) is 11.5 Å². The standard InChI is InChI=1S/C20H19FN4O2/c1-13-11-14(3-9-18(13)27-16-6-4-15(21)5-7-16)12-23-19-10-8-17(24-25-19)20(26)22-2/h3-11H,12H2,1-2H3,(H,22,26)(H,23,25). The molecule has 1 amide bonds. The molecule has 138 valence electrons. The lowest BCUT2D eigenvalue weighted by atomic mass is 10.1. The molecular formula is C20H19FN4O2. The Labute approximate surface area is 156 Å². The largest absolute Gasteiger partial charge is 0.457 e. The predicted molar refractivity (Wildman–Crippen MR) is 100 cm³/mol. The molecule has 0 bridgehead atoms. The van der Waals surface area contributed by atoms with Crippen molar-refractivity contribution >= 4 is 11.7 Å². The van der Waals surface area contributed by atoms with E-state index < -0.39 is 0 Å². The summed E-state index contributed by atoms with van der Waals surface area (Å²) in [6.45, 7) is 2.49. The fraction of sp³-hybridized carbons (Fsp3) is 0.150. The number of hydrogen-bond donors (Lipinski definition) is 2. The van der Waals surface area contributed by atoms with E-state index in [0.29, 0.717) is 23.9 Å². The first-order valence-corrected chi connectivity index (χ1v) is 8.38. The van der Waals surface area contributed by atoms with Gasteiger partial charge in [-0.2, -0.15) is 0 Å². The Kier molecular flexibility index (Phi) is 5.61. The molecule has 3 aromatic rings. The molecule has 2 aromatic carbocycles. The van der Waals surface area contributed by atoms with Crippen LogP contribution in [0.25, 0.3) is 0 Å². The van der Waals surface area contributed by atoms with Gasteiger partial charge in [-0.3, -0.25) is 4.79 Å². The Morgan fingerprint density at radius 1 is 1.07 bits per heavy atom. The van der Waals surface area contributed by atoms with Gasteiger partial charge in [0.05, 0.1) is 0 Å². The van der Waals surface area contributed by atoms with E-state index in [1.807, 2.05) is 25.1 Å². The van der Waals surface area contributed by atoms with E-state index in [1.54, 1.807) is 31.3 Å². The molecule has 0 saturated carbocycles. The molecule has 3 rings (SSSR count). The Hall–Kier alpha value is -3.48. The number of halogens is 1. The van der Waals surface area contributed by atoms with E-state index in [4.69, 9.17) is 4.74 Å². The monoisotopic (exact) mass is 366 g/mol. The Balaban J connectivity index is 1.62. The summed E-state index contributed by atoms with van der Waals surface area (Å²) in [6, 6.07) is 15.0.